The lowest BCUT2D eigenvalue weighted by atomic mass is 9.78. The Morgan fingerprint density at radius 1 is 0.852 bits per heavy atom. The van der Waals surface area contributed by atoms with Gasteiger partial charge in [-0.3, -0.25) is 0 Å². The summed E-state index contributed by atoms with van der Waals surface area (Å²) >= 11 is 0. The molecule has 1 aromatic rings. The predicted molar refractivity (Wildman–Crippen MR) is 122 cm³/mol. The van der Waals surface area contributed by atoms with E-state index in [1.807, 2.05) is 0 Å². The van der Waals surface area contributed by atoms with E-state index in [-0.39, 0.29) is 5.41 Å². The molecule has 1 unspecified atom stereocenters. The number of unbranched alkanes of at least 4 members (excludes halogenated alkanes) is 6. The molecule has 27 heavy (non-hydrogen) atoms. The molecular formula is C25H46N2. The van der Waals surface area contributed by atoms with Crippen molar-refractivity contribution in [2.24, 2.45) is 11.7 Å². The summed E-state index contributed by atoms with van der Waals surface area (Å²) in [5.41, 5.74) is 16.1. The molecule has 2 nitrogen and oxygen atoms in total. The van der Waals surface area contributed by atoms with E-state index in [1.54, 1.807) is 0 Å². The number of hydrogen-bond acceptors (Lipinski definition) is 2. The zero-order valence-electron chi connectivity index (χ0n) is 19.0. The summed E-state index contributed by atoms with van der Waals surface area (Å²) in [6, 6.07) is 7.04. The van der Waals surface area contributed by atoms with Crippen molar-refractivity contribution >= 4 is 5.69 Å². The number of hydrogen-bond donors (Lipinski definition) is 2. The first-order valence-electron chi connectivity index (χ1n) is 11.3. The van der Waals surface area contributed by atoms with Gasteiger partial charge in [-0.25, -0.2) is 0 Å². The minimum atomic E-state index is 0.227. The molecule has 0 heterocycles. The first-order chi connectivity index (χ1) is 12.6. The van der Waals surface area contributed by atoms with Gasteiger partial charge >= 0.3 is 0 Å². The smallest absolute Gasteiger partial charge is 0.0349 e. The summed E-state index contributed by atoms with van der Waals surface area (Å²) in [5.74, 6) is 1.10. The molecule has 1 rings (SSSR count). The van der Waals surface area contributed by atoms with Gasteiger partial charge in [-0.1, -0.05) is 98.6 Å². The highest BCUT2D eigenvalue weighted by Gasteiger charge is 2.21. The summed E-state index contributed by atoms with van der Waals surface area (Å²) in [5, 5.41) is 0. The van der Waals surface area contributed by atoms with E-state index in [2.05, 4.69) is 59.7 Å². The normalized spacial score (nSPS) is 13.5. The number of rotatable bonds is 13. The topological polar surface area (TPSA) is 52.0 Å². The highest BCUT2D eigenvalue weighted by Crippen LogP contribution is 2.33. The average Bonchev–Trinajstić information content (AvgIpc) is 2.59. The molecule has 0 fully saturated rings. The molecule has 0 aromatic heterocycles. The number of anilines is 1. The van der Waals surface area contributed by atoms with Crippen LogP contribution < -0.4 is 11.5 Å². The molecule has 0 saturated carbocycles. The van der Waals surface area contributed by atoms with Crippen LogP contribution in [0.4, 0.5) is 5.69 Å². The molecule has 0 aliphatic carbocycles. The molecule has 1 atom stereocenters. The van der Waals surface area contributed by atoms with E-state index in [0.29, 0.717) is 17.9 Å². The van der Waals surface area contributed by atoms with Crippen LogP contribution in [-0.4, -0.2) is 6.04 Å². The summed E-state index contributed by atoms with van der Waals surface area (Å²) in [7, 11) is 0. The Morgan fingerprint density at radius 2 is 1.41 bits per heavy atom. The third-order valence-electron chi connectivity index (χ3n) is 6.19. The molecule has 156 valence electrons. The van der Waals surface area contributed by atoms with Crippen molar-refractivity contribution in [3.05, 3.63) is 29.3 Å². The van der Waals surface area contributed by atoms with Crippen molar-refractivity contribution in [3.63, 3.8) is 0 Å². The average molecular weight is 375 g/mol. The number of benzene rings is 1. The molecule has 0 spiro atoms. The first-order valence-corrected chi connectivity index (χ1v) is 11.3. The van der Waals surface area contributed by atoms with Crippen LogP contribution in [0.3, 0.4) is 0 Å². The lowest BCUT2D eigenvalue weighted by Gasteiger charge is -2.27. The van der Waals surface area contributed by atoms with Gasteiger partial charge in [0, 0.05) is 11.7 Å². The highest BCUT2D eigenvalue weighted by atomic mass is 14.6. The quantitative estimate of drug-likeness (QED) is 0.284. The zero-order valence-corrected chi connectivity index (χ0v) is 19.0. The van der Waals surface area contributed by atoms with E-state index in [9.17, 15) is 0 Å². The Morgan fingerprint density at radius 3 is 1.96 bits per heavy atom. The van der Waals surface area contributed by atoms with Crippen LogP contribution in [-0.2, 0) is 5.41 Å². The maximum atomic E-state index is 6.15. The molecule has 4 N–H and O–H groups in total. The van der Waals surface area contributed by atoms with Gasteiger partial charge in [-0.2, -0.15) is 0 Å². The van der Waals surface area contributed by atoms with Crippen molar-refractivity contribution in [1.29, 1.82) is 0 Å². The molecule has 0 aliphatic heterocycles. The zero-order chi connectivity index (χ0) is 20.4. The fourth-order valence-electron chi connectivity index (χ4n) is 3.80. The van der Waals surface area contributed by atoms with E-state index >= 15 is 0 Å². The van der Waals surface area contributed by atoms with Gasteiger partial charge in [0.15, 0.2) is 0 Å². The summed E-state index contributed by atoms with van der Waals surface area (Å²) in [6.07, 6.45) is 11.8. The second kappa shape index (κ2) is 11.7. The minimum Gasteiger partial charge on any atom is -0.398 e. The van der Waals surface area contributed by atoms with Gasteiger partial charge in [-0.15, -0.1) is 0 Å². The molecular weight excluding hydrogens is 328 g/mol. The molecule has 1 aromatic carbocycles. The van der Waals surface area contributed by atoms with Gasteiger partial charge in [0.05, 0.1) is 0 Å². The Hall–Kier alpha value is -1.02. The molecule has 0 aliphatic rings. The van der Waals surface area contributed by atoms with Crippen LogP contribution in [0.25, 0.3) is 0 Å². The van der Waals surface area contributed by atoms with Crippen LogP contribution in [0.15, 0.2) is 18.2 Å². The first kappa shape index (κ1) is 24.0. The van der Waals surface area contributed by atoms with Crippen molar-refractivity contribution in [3.8, 4) is 0 Å². The Kier molecular flexibility index (Phi) is 10.4. The lowest BCUT2D eigenvalue weighted by molar-refractivity contribution is 0.429. The van der Waals surface area contributed by atoms with Crippen molar-refractivity contribution in [2.45, 2.75) is 117 Å². The maximum Gasteiger partial charge on any atom is 0.0349 e. The molecule has 0 amide bonds. The monoisotopic (exact) mass is 374 g/mol. The fourth-order valence-corrected chi connectivity index (χ4v) is 3.80. The second-order valence-corrected chi connectivity index (χ2v) is 9.80. The Balaban J connectivity index is 2.25. The highest BCUT2D eigenvalue weighted by molar-refractivity contribution is 5.51. The molecule has 2 heteroatoms. The van der Waals surface area contributed by atoms with E-state index in [1.165, 1.54) is 68.9 Å². The van der Waals surface area contributed by atoms with Gasteiger partial charge < -0.3 is 11.5 Å². The summed E-state index contributed by atoms with van der Waals surface area (Å²) < 4.78 is 0. The summed E-state index contributed by atoms with van der Waals surface area (Å²) in [6.45, 7) is 13.6. The Labute approximate surface area is 169 Å². The van der Waals surface area contributed by atoms with Gasteiger partial charge in [0.1, 0.15) is 0 Å². The van der Waals surface area contributed by atoms with Crippen LogP contribution in [0, 0.1) is 5.92 Å². The van der Waals surface area contributed by atoms with Crippen molar-refractivity contribution < 1.29 is 0 Å². The predicted octanol–water partition coefficient (Wildman–Crippen LogP) is 7.16. The maximum absolute atomic E-state index is 6.15. The standard InChI is InChI=1S/C25H46N2/c1-19(2)22-18-21(15-16-24(22)27)25(5,6)17-13-11-9-7-8-10-12-14-23(26)20(3)4/h15-16,18-20,23H,7-14,17,26-27H2,1-6H3. The van der Waals surface area contributed by atoms with E-state index in [0.717, 1.165) is 5.69 Å². The number of nitrogen functional groups attached to an aromatic ring is 1. The third-order valence-corrected chi connectivity index (χ3v) is 6.19. The fraction of sp³-hybridized carbons (Fsp3) is 0.760. The number of nitrogens with two attached hydrogens (primary N) is 2. The van der Waals surface area contributed by atoms with Gasteiger partial charge in [-0.05, 0) is 47.3 Å². The van der Waals surface area contributed by atoms with Crippen molar-refractivity contribution in [2.75, 3.05) is 5.73 Å². The SMILES string of the molecule is CC(C)c1cc(C(C)(C)CCCCCCCCCC(N)C(C)C)ccc1N. The van der Waals surface area contributed by atoms with Crippen LogP contribution in [0.1, 0.15) is 116 Å². The Bertz CT molecular complexity index is 531. The van der Waals surface area contributed by atoms with Crippen LogP contribution >= 0.6 is 0 Å². The molecule has 0 saturated heterocycles. The largest absolute Gasteiger partial charge is 0.398 e. The third kappa shape index (κ3) is 8.68. The molecule has 0 bridgehead atoms. The molecule has 0 radical (unpaired) electrons. The van der Waals surface area contributed by atoms with Gasteiger partial charge in [0.2, 0.25) is 0 Å². The van der Waals surface area contributed by atoms with Crippen molar-refractivity contribution in [1.82, 2.24) is 0 Å². The second-order valence-electron chi connectivity index (χ2n) is 9.80. The van der Waals surface area contributed by atoms with E-state index in [4.69, 9.17) is 11.5 Å². The minimum absolute atomic E-state index is 0.227. The van der Waals surface area contributed by atoms with E-state index < -0.39 is 0 Å². The lowest BCUT2D eigenvalue weighted by Crippen LogP contribution is -2.25. The van der Waals surface area contributed by atoms with Gasteiger partial charge in [0.25, 0.3) is 0 Å². The van der Waals surface area contributed by atoms with Crippen LogP contribution in [0.2, 0.25) is 0 Å². The summed E-state index contributed by atoms with van der Waals surface area (Å²) in [4.78, 5) is 0. The van der Waals surface area contributed by atoms with Crippen LogP contribution in [0.5, 0.6) is 0 Å².